The SMILES string of the molecule is CC(=O)N/C(=C\c1ccccc1)C(=O)Nc1ccc2c(c1)CCC2. The van der Waals surface area contributed by atoms with Gasteiger partial charge in [0.25, 0.3) is 5.91 Å². The van der Waals surface area contributed by atoms with E-state index in [9.17, 15) is 9.59 Å². The quantitative estimate of drug-likeness (QED) is 0.849. The number of anilines is 1. The number of benzene rings is 2. The van der Waals surface area contributed by atoms with Gasteiger partial charge in [-0.2, -0.15) is 0 Å². The highest BCUT2D eigenvalue weighted by Gasteiger charge is 2.14. The number of carbonyl (C=O) groups is 2. The fourth-order valence-corrected chi connectivity index (χ4v) is 2.91. The monoisotopic (exact) mass is 320 g/mol. The molecular weight excluding hydrogens is 300 g/mol. The Morgan fingerprint density at radius 2 is 1.75 bits per heavy atom. The van der Waals surface area contributed by atoms with Crippen LogP contribution < -0.4 is 10.6 Å². The minimum Gasteiger partial charge on any atom is -0.322 e. The molecule has 0 aromatic heterocycles. The molecule has 1 aliphatic rings. The summed E-state index contributed by atoms with van der Waals surface area (Å²) in [5.41, 5.74) is 4.49. The van der Waals surface area contributed by atoms with Crippen molar-refractivity contribution in [3.05, 3.63) is 70.9 Å². The number of rotatable bonds is 4. The zero-order valence-electron chi connectivity index (χ0n) is 13.6. The second-order valence-corrected chi connectivity index (χ2v) is 5.94. The van der Waals surface area contributed by atoms with Gasteiger partial charge in [0.1, 0.15) is 5.70 Å². The molecule has 1 aliphatic carbocycles. The molecule has 4 heteroatoms. The Morgan fingerprint density at radius 1 is 1.00 bits per heavy atom. The Kier molecular flexibility index (Phi) is 4.75. The Morgan fingerprint density at radius 3 is 2.50 bits per heavy atom. The first-order valence-electron chi connectivity index (χ1n) is 8.09. The Bertz CT molecular complexity index is 795. The molecule has 0 atom stereocenters. The van der Waals surface area contributed by atoms with Gasteiger partial charge < -0.3 is 10.6 Å². The first kappa shape index (κ1) is 16.0. The van der Waals surface area contributed by atoms with Gasteiger partial charge in [-0.3, -0.25) is 9.59 Å². The lowest BCUT2D eigenvalue weighted by atomic mass is 10.1. The summed E-state index contributed by atoms with van der Waals surface area (Å²) in [5.74, 6) is -0.603. The van der Waals surface area contributed by atoms with E-state index in [0.29, 0.717) is 0 Å². The Hall–Kier alpha value is -2.88. The molecule has 0 saturated heterocycles. The van der Waals surface area contributed by atoms with E-state index in [-0.39, 0.29) is 17.5 Å². The maximum Gasteiger partial charge on any atom is 0.272 e. The molecule has 3 rings (SSSR count). The predicted molar refractivity (Wildman–Crippen MR) is 95.3 cm³/mol. The van der Waals surface area contributed by atoms with E-state index in [0.717, 1.165) is 30.5 Å². The van der Waals surface area contributed by atoms with E-state index >= 15 is 0 Å². The van der Waals surface area contributed by atoms with Crippen LogP contribution in [0.4, 0.5) is 5.69 Å². The topological polar surface area (TPSA) is 58.2 Å². The summed E-state index contributed by atoms with van der Waals surface area (Å²) in [4.78, 5) is 24.0. The molecule has 0 bridgehead atoms. The van der Waals surface area contributed by atoms with Gasteiger partial charge >= 0.3 is 0 Å². The third-order valence-electron chi connectivity index (χ3n) is 4.02. The van der Waals surface area contributed by atoms with Crippen LogP contribution in [0.1, 0.15) is 30.0 Å². The summed E-state index contributed by atoms with van der Waals surface area (Å²) >= 11 is 0. The largest absolute Gasteiger partial charge is 0.322 e. The number of aryl methyl sites for hydroxylation is 2. The van der Waals surface area contributed by atoms with E-state index in [2.05, 4.69) is 16.7 Å². The molecule has 0 fully saturated rings. The molecule has 4 nitrogen and oxygen atoms in total. The van der Waals surface area contributed by atoms with E-state index in [1.54, 1.807) is 6.08 Å². The molecule has 2 aromatic rings. The second kappa shape index (κ2) is 7.13. The van der Waals surface area contributed by atoms with Gasteiger partial charge in [-0.25, -0.2) is 0 Å². The fourth-order valence-electron chi connectivity index (χ4n) is 2.91. The number of fused-ring (bicyclic) bond motifs is 1. The highest BCUT2D eigenvalue weighted by atomic mass is 16.2. The summed E-state index contributed by atoms with van der Waals surface area (Å²) in [7, 11) is 0. The molecular formula is C20H20N2O2. The highest BCUT2D eigenvalue weighted by molar-refractivity contribution is 6.08. The molecule has 2 N–H and O–H groups in total. The number of carbonyl (C=O) groups excluding carboxylic acids is 2. The maximum atomic E-state index is 12.6. The van der Waals surface area contributed by atoms with Crippen LogP contribution in [0, 0.1) is 0 Å². The van der Waals surface area contributed by atoms with Crippen LogP contribution in [0.25, 0.3) is 6.08 Å². The smallest absolute Gasteiger partial charge is 0.272 e. The molecule has 0 saturated carbocycles. The lowest BCUT2D eigenvalue weighted by Gasteiger charge is -2.11. The molecule has 0 spiro atoms. The molecule has 0 unspecified atom stereocenters. The van der Waals surface area contributed by atoms with Crippen LogP contribution in [0.5, 0.6) is 0 Å². The van der Waals surface area contributed by atoms with Crippen LogP contribution >= 0.6 is 0 Å². The standard InChI is InChI=1S/C20H20N2O2/c1-14(23)21-19(12-15-6-3-2-4-7-15)20(24)22-18-11-10-16-8-5-9-17(16)13-18/h2-4,6-7,10-13H,5,8-9H2,1H3,(H,21,23)(H,22,24)/b19-12-. The van der Waals surface area contributed by atoms with Crippen LogP contribution in [0.2, 0.25) is 0 Å². The first-order valence-corrected chi connectivity index (χ1v) is 8.09. The Balaban J connectivity index is 1.81. The number of nitrogens with one attached hydrogen (secondary N) is 2. The van der Waals surface area contributed by atoms with Crippen LogP contribution in [-0.4, -0.2) is 11.8 Å². The third-order valence-corrected chi connectivity index (χ3v) is 4.02. The molecule has 0 heterocycles. The van der Waals surface area contributed by atoms with Crippen molar-refractivity contribution in [2.24, 2.45) is 0 Å². The minimum atomic E-state index is -0.327. The van der Waals surface area contributed by atoms with Gasteiger partial charge in [0, 0.05) is 12.6 Å². The summed E-state index contributed by atoms with van der Waals surface area (Å²) in [6, 6.07) is 15.4. The third kappa shape index (κ3) is 3.90. The van der Waals surface area contributed by atoms with E-state index in [4.69, 9.17) is 0 Å². The lowest BCUT2D eigenvalue weighted by molar-refractivity contribution is -0.120. The van der Waals surface area contributed by atoms with Gasteiger partial charge in [0.05, 0.1) is 0 Å². The lowest BCUT2D eigenvalue weighted by Crippen LogP contribution is -2.29. The van der Waals surface area contributed by atoms with Gasteiger partial charge in [-0.15, -0.1) is 0 Å². The first-order chi connectivity index (χ1) is 11.6. The molecule has 24 heavy (non-hydrogen) atoms. The second-order valence-electron chi connectivity index (χ2n) is 5.94. The summed E-state index contributed by atoms with van der Waals surface area (Å²) < 4.78 is 0. The van der Waals surface area contributed by atoms with Crippen molar-refractivity contribution in [1.82, 2.24) is 5.32 Å². The van der Waals surface area contributed by atoms with Crippen molar-refractivity contribution in [1.29, 1.82) is 0 Å². The van der Waals surface area contributed by atoms with Crippen LogP contribution in [0.15, 0.2) is 54.2 Å². The zero-order valence-corrected chi connectivity index (χ0v) is 13.6. The van der Waals surface area contributed by atoms with Gasteiger partial charge in [0.15, 0.2) is 0 Å². The molecule has 122 valence electrons. The number of amides is 2. The number of hydrogen-bond acceptors (Lipinski definition) is 2. The minimum absolute atomic E-state index is 0.231. The van der Waals surface area contributed by atoms with Crippen LogP contribution in [0.3, 0.4) is 0 Å². The summed E-state index contributed by atoms with van der Waals surface area (Å²) in [6.45, 7) is 1.39. The molecule has 0 radical (unpaired) electrons. The zero-order chi connectivity index (χ0) is 16.9. The van der Waals surface area contributed by atoms with Crippen LogP contribution in [-0.2, 0) is 22.4 Å². The maximum absolute atomic E-state index is 12.6. The van der Waals surface area contributed by atoms with Crippen molar-refractivity contribution in [2.45, 2.75) is 26.2 Å². The van der Waals surface area contributed by atoms with Crippen molar-refractivity contribution in [3.63, 3.8) is 0 Å². The normalized spacial score (nSPS) is 13.3. The Labute approximate surface area is 141 Å². The van der Waals surface area contributed by atoms with Gasteiger partial charge in [-0.1, -0.05) is 36.4 Å². The molecule has 0 aliphatic heterocycles. The van der Waals surface area contributed by atoms with E-state index in [1.807, 2.05) is 42.5 Å². The summed E-state index contributed by atoms with van der Waals surface area (Å²) in [5, 5.41) is 5.49. The summed E-state index contributed by atoms with van der Waals surface area (Å²) in [6.07, 6.45) is 4.99. The van der Waals surface area contributed by atoms with Crippen molar-refractivity contribution >= 4 is 23.6 Å². The predicted octanol–water partition coefficient (Wildman–Crippen LogP) is 3.29. The van der Waals surface area contributed by atoms with Gasteiger partial charge in [-0.05, 0) is 54.2 Å². The van der Waals surface area contributed by atoms with E-state index < -0.39 is 0 Å². The fraction of sp³-hybridized carbons (Fsp3) is 0.200. The van der Waals surface area contributed by atoms with Crippen molar-refractivity contribution in [2.75, 3.05) is 5.32 Å². The van der Waals surface area contributed by atoms with Gasteiger partial charge in [0.2, 0.25) is 5.91 Å². The number of hydrogen-bond donors (Lipinski definition) is 2. The van der Waals surface area contributed by atoms with E-state index in [1.165, 1.54) is 18.1 Å². The highest BCUT2D eigenvalue weighted by Crippen LogP contribution is 2.25. The van der Waals surface area contributed by atoms with Crippen molar-refractivity contribution in [3.8, 4) is 0 Å². The van der Waals surface area contributed by atoms with Crippen molar-refractivity contribution < 1.29 is 9.59 Å². The molecule has 2 amide bonds. The molecule has 2 aromatic carbocycles. The average molecular weight is 320 g/mol. The average Bonchev–Trinajstić information content (AvgIpc) is 3.02.